The number of hydrogen-bond acceptors (Lipinski definition) is 3. The third kappa shape index (κ3) is 1.53. The minimum absolute atomic E-state index is 0.504. The molecule has 96 valence electrons. The lowest BCUT2D eigenvalue weighted by Gasteiger charge is -2.25. The van der Waals surface area contributed by atoms with E-state index in [2.05, 4.69) is 15.9 Å². The Labute approximate surface area is 113 Å². The maximum Gasteiger partial charge on any atom is 0.314 e. The summed E-state index contributed by atoms with van der Waals surface area (Å²) in [6, 6.07) is 1.87. The minimum atomic E-state index is -0.755. The van der Waals surface area contributed by atoms with E-state index in [1.807, 2.05) is 13.0 Å². The summed E-state index contributed by atoms with van der Waals surface area (Å²) in [4.78, 5) is 11.4. The van der Waals surface area contributed by atoms with Gasteiger partial charge in [-0.3, -0.25) is 4.79 Å². The van der Waals surface area contributed by atoms with Gasteiger partial charge < -0.3 is 14.6 Å². The first-order chi connectivity index (χ1) is 8.56. The fourth-order valence-electron chi connectivity index (χ4n) is 2.52. The molecule has 1 heterocycles. The number of rotatable bonds is 2. The van der Waals surface area contributed by atoms with E-state index in [9.17, 15) is 9.90 Å². The second kappa shape index (κ2) is 3.88. The van der Waals surface area contributed by atoms with Gasteiger partial charge in [-0.25, -0.2) is 0 Å². The summed E-state index contributed by atoms with van der Waals surface area (Å²) < 4.78 is 12.0. The van der Waals surface area contributed by atoms with E-state index in [1.165, 1.54) is 0 Å². The number of aliphatic carboxylic acids is 1. The second-order valence-corrected chi connectivity index (χ2v) is 5.63. The predicted molar refractivity (Wildman–Crippen MR) is 68.4 cm³/mol. The molecule has 0 bridgehead atoms. The third-order valence-corrected chi connectivity index (χ3v) is 4.28. The van der Waals surface area contributed by atoms with Crippen LogP contribution in [-0.4, -0.2) is 24.3 Å². The molecule has 0 aromatic heterocycles. The van der Waals surface area contributed by atoms with Gasteiger partial charge >= 0.3 is 5.97 Å². The van der Waals surface area contributed by atoms with Crippen LogP contribution in [0.4, 0.5) is 0 Å². The van der Waals surface area contributed by atoms with Crippen molar-refractivity contribution in [1.29, 1.82) is 0 Å². The molecule has 1 aromatic rings. The number of hydrogen-bond donors (Lipinski definition) is 1. The molecule has 0 amide bonds. The van der Waals surface area contributed by atoms with Crippen molar-refractivity contribution in [1.82, 2.24) is 0 Å². The van der Waals surface area contributed by atoms with Crippen LogP contribution in [0.1, 0.15) is 24.0 Å². The van der Waals surface area contributed by atoms with Gasteiger partial charge in [0.05, 0.1) is 9.89 Å². The van der Waals surface area contributed by atoms with Gasteiger partial charge in [-0.2, -0.15) is 0 Å². The molecule has 1 saturated carbocycles. The number of halogens is 1. The summed E-state index contributed by atoms with van der Waals surface area (Å²) in [7, 11) is 0. The summed E-state index contributed by atoms with van der Waals surface area (Å²) in [6.45, 7) is 2.93. The summed E-state index contributed by atoms with van der Waals surface area (Å²) in [6.07, 6.45) is 1.38. The molecular weight excluding hydrogens is 300 g/mol. The molecule has 1 aromatic carbocycles. The molecule has 2 aliphatic rings. The largest absolute Gasteiger partial charge is 0.486 e. The van der Waals surface area contributed by atoms with Gasteiger partial charge in [-0.15, -0.1) is 0 Å². The minimum Gasteiger partial charge on any atom is -0.486 e. The van der Waals surface area contributed by atoms with E-state index in [1.54, 1.807) is 0 Å². The van der Waals surface area contributed by atoms with Crippen molar-refractivity contribution in [2.45, 2.75) is 25.2 Å². The molecule has 1 fully saturated rings. The number of carboxylic acids is 1. The van der Waals surface area contributed by atoms with Gasteiger partial charge in [0.2, 0.25) is 0 Å². The van der Waals surface area contributed by atoms with Crippen LogP contribution in [0.25, 0.3) is 0 Å². The standard InChI is InChI=1S/C13H13BrO4/c1-7-8(13(2-3-13)12(15)16)6-9(14)11-10(7)17-4-5-18-11/h6H,2-5H2,1H3,(H,15,16). The summed E-state index contributed by atoms with van der Waals surface area (Å²) in [5, 5.41) is 9.39. The molecular formula is C13H13BrO4. The zero-order chi connectivity index (χ0) is 12.9. The summed E-state index contributed by atoms with van der Waals surface area (Å²) >= 11 is 3.44. The highest BCUT2D eigenvalue weighted by molar-refractivity contribution is 9.10. The van der Waals surface area contributed by atoms with Gasteiger partial charge in [0, 0.05) is 0 Å². The number of benzene rings is 1. The average molecular weight is 313 g/mol. The molecule has 0 unspecified atom stereocenters. The quantitative estimate of drug-likeness (QED) is 0.912. The molecule has 0 atom stereocenters. The molecule has 5 heteroatoms. The maximum atomic E-state index is 11.4. The molecule has 0 saturated heterocycles. The van der Waals surface area contributed by atoms with Crippen LogP contribution in [0.5, 0.6) is 11.5 Å². The average Bonchev–Trinajstić information content (AvgIpc) is 3.15. The Kier molecular flexibility index (Phi) is 2.55. The highest BCUT2D eigenvalue weighted by Gasteiger charge is 2.53. The van der Waals surface area contributed by atoms with E-state index in [0.717, 1.165) is 15.6 Å². The van der Waals surface area contributed by atoms with E-state index in [4.69, 9.17) is 9.47 Å². The molecule has 3 rings (SSSR count). The van der Waals surface area contributed by atoms with Crippen molar-refractivity contribution in [3.8, 4) is 11.5 Å². The molecule has 0 spiro atoms. The highest BCUT2D eigenvalue weighted by atomic mass is 79.9. The Morgan fingerprint density at radius 2 is 1.94 bits per heavy atom. The highest BCUT2D eigenvalue weighted by Crippen LogP contribution is 2.54. The monoisotopic (exact) mass is 312 g/mol. The number of fused-ring (bicyclic) bond motifs is 1. The predicted octanol–water partition coefficient (Wildman–Crippen LogP) is 2.64. The fourth-order valence-corrected chi connectivity index (χ4v) is 3.04. The Morgan fingerprint density at radius 3 is 2.50 bits per heavy atom. The smallest absolute Gasteiger partial charge is 0.314 e. The number of carbonyl (C=O) groups is 1. The van der Waals surface area contributed by atoms with Crippen LogP contribution in [0.3, 0.4) is 0 Å². The van der Waals surface area contributed by atoms with Crippen molar-refractivity contribution in [2.75, 3.05) is 13.2 Å². The maximum absolute atomic E-state index is 11.4. The first-order valence-electron chi connectivity index (χ1n) is 5.89. The first-order valence-corrected chi connectivity index (χ1v) is 6.68. The van der Waals surface area contributed by atoms with Crippen molar-refractivity contribution >= 4 is 21.9 Å². The van der Waals surface area contributed by atoms with Crippen LogP contribution < -0.4 is 9.47 Å². The molecule has 4 nitrogen and oxygen atoms in total. The van der Waals surface area contributed by atoms with E-state index < -0.39 is 11.4 Å². The van der Waals surface area contributed by atoms with Crippen LogP contribution in [-0.2, 0) is 10.2 Å². The van der Waals surface area contributed by atoms with Crippen molar-refractivity contribution < 1.29 is 19.4 Å². The molecule has 1 aliphatic carbocycles. The van der Waals surface area contributed by atoms with Crippen LogP contribution >= 0.6 is 15.9 Å². The normalized spacial score (nSPS) is 19.4. The number of carboxylic acid groups (broad SMARTS) is 1. The van der Waals surface area contributed by atoms with Gasteiger partial charge in [0.15, 0.2) is 11.5 Å². The molecule has 1 aliphatic heterocycles. The van der Waals surface area contributed by atoms with Crippen LogP contribution in [0, 0.1) is 6.92 Å². The molecule has 1 N–H and O–H groups in total. The topological polar surface area (TPSA) is 55.8 Å². The zero-order valence-electron chi connectivity index (χ0n) is 9.96. The second-order valence-electron chi connectivity index (χ2n) is 4.77. The lowest BCUT2D eigenvalue weighted by atomic mass is 9.91. The van der Waals surface area contributed by atoms with E-state index in [-0.39, 0.29) is 0 Å². The Hall–Kier alpha value is -1.23. The van der Waals surface area contributed by atoms with Crippen molar-refractivity contribution in [2.24, 2.45) is 0 Å². The SMILES string of the molecule is Cc1c(C2(C(=O)O)CC2)cc(Br)c2c1OCCO2. The molecule has 0 radical (unpaired) electrons. The Balaban J connectivity index is 2.18. The third-order valence-electron chi connectivity index (χ3n) is 3.69. The van der Waals surface area contributed by atoms with Crippen molar-refractivity contribution in [3.05, 3.63) is 21.7 Å². The fraction of sp³-hybridized carbons (Fsp3) is 0.462. The van der Waals surface area contributed by atoms with Crippen LogP contribution in [0.2, 0.25) is 0 Å². The lowest BCUT2D eigenvalue weighted by Crippen LogP contribution is -2.23. The first kappa shape index (κ1) is 11.8. The summed E-state index contributed by atoms with van der Waals surface area (Å²) in [5.41, 5.74) is 1.00. The van der Waals surface area contributed by atoms with Gasteiger partial charge in [0.25, 0.3) is 0 Å². The van der Waals surface area contributed by atoms with E-state index in [0.29, 0.717) is 37.6 Å². The summed E-state index contributed by atoms with van der Waals surface area (Å²) in [5.74, 6) is 0.607. The zero-order valence-corrected chi connectivity index (χ0v) is 11.5. The number of ether oxygens (including phenoxy) is 2. The van der Waals surface area contributed by atoms with Crippen LogP contribution in [0.15, 0.2) is 10.5 Å². The van der Waals surface area contributed by atoms with Gasteiger partial charge in [0.1, 0.15) is 13.2 Å². The lowest BCUT2D eigenvalue weighted by molar-refractivity contribution is -0.140. The van der Waals surface area contributed by atoms with Gasteiger partial charge in [-0.05, 0) is 52.9 Å². The Morgan fingerprint density at radius 1 is 1.33 bits per heavy atom. The van der Waals surface area contributed by atoms with E-state index >= 15 is 0 Å². The Bertz CT molecular complexity index is 534. The van der Waals surface area contributed by atoms with Gasteiger partial charge in [-0.1, -0.05) is 0 Å². The molecule has 18 heavy (non-hydrogen) atoms. The van der Waals surface area contributed by atoms with Crippen molar-refractivity contribution in [3.63, 3.8) is 0 Å².